The van der Waals surface area contributed by atoms with Crippen LogP contribution in [0.2, 0.25) is 0 Å². The summed E-state index contributed by atoms with van der Waals surface area (Å²) in [5.74, 6) is -0.555. The van der Waals surface area contributed by atoms with Crippen molar-refractivity contribution >= 4 is 10.0 Å². The Kier molecular flexibility index (Phi) is 4.46. The van der Waals surface area contributed by atoms with Crippen LogP contribution in [0.25, 0.3) is 0 Å². The summed E-state index contributed by atoms with van der Waals surface area (Å²) in [5, 5.41) is 9.48. The van der Waals surface area contributed by atoms with Crippen molar-refractivity contribution in [3.05, 3.63) is 29.6 Å². The monoisotopic (exact) mass is 301 g/mol. The number of benzene rings is 1. The summed E-state index contributed by atoms with van der Waals surface area (Å²) >= 11 is 0. The van der Waals surface area contributed by atoms with Crippen LogP contribution in [0.4, 0.5) is 4.39 Å². The van der Waals surface area contributed by atoms with E-state index in [9.17, 15) is 17.9 Å². The average Bonchev–Trinajstić information content (AvgIpc) is 2.80. The Hall–Kier alpha value is -0.980. The summed E-state index contributed by atoms with van der Waals surface area (Å²) in [6, 6.07) is 3.60. The number of aliphatic hydroxyl groups is 1. The van der Waals surface area contributed by atoms with Crippen LogP contribution in [0, 0.1) is 12.7 Å². The third kappa shape index (κ3) is 3.02. The van der Waals surface area contributed by atoms with Crippen molar-refractivity contribution < 1.29 is 17.9 Å². The summed E-state index contributed by atoms with van der Waals surface area (Å²) < 4.78 is 40.1. The van der Waals surface area contributed by atoms with Crippen LogP contribution in [0.5, 0.6) is 0 Å². The molecule has 0 amide bonds. The zero-order chi connectivity index (χ0) is 14.9. The molecule has 0 aliphatic carbocycles. The van der Waals surface area contributed by atoms with Crippen LogP contribution in [-0.4, -0.2) is 36.5 Å². The van der Waals surface area contributed by atoms with E-state index in [-0.39, 0.29) is 10.9 Å². The van der Waals surface area contributed by atoms with Gasteiger partial charge in [-0.2, -0.15) is 4.31 Å². The first kappa shape index (κ1) is 15.4. The zero-order valence-electron chi connectivity index (χ0n) is 11.7. The lowest BCUT2D eigenvalue weighted by atomic mass is 10.1. The van der Waals surface area contributed by atoms with Crippen LogP contribution in [-0.2, 0) is 10.0 Å². The second-order valence-electron chi connectivity index (χ2n) is 5.41. The Morgan fingerprint density at radius 3 is 2.85 bits per heavy atom. The molecule has 4 nitrogen and oxygen atoms in total. The van der Waals surface area contributed by atoms with E-state index in [0.29, 0.717) is 18.5 Å². The molecular weight excluding hydrogens is 281 g/mol. The zero-order valence-corrected chi connectivity index (χ0v) is 12.5. The van der Waals surface area contributed by atoms with E-state index in [1.165, 1.54) is 16.4 Å². The lowest BCUT2D eigenvalue weighted by Crippen LogP contribution is -2.37. The molecule has 112 valence electrons. The summed E-state index contributed by atoms with van der Waals surface area (Å²) in [6.07, 6.45) is 1.36. The Balaban J connectivity index is 2.36. The minimum absolute atomic E-state index is 0.0231. The molecule has 20 heavy (non-hydrogen) atoms. The number of aryl methyl sites for hydroxylation is 1. The van der Waals surface area contributed by atoms with E-state index in [2.05, 4.69) is 0 Å². The lowest BCUT2D eigenvalue weighted by Gasteiger charge is -2.25. The van der Waals surface area contributed by atoms with Crippen LogP contribution in [0.3, 0.4) is 0 Å². The molecule has 1 aliphatic heterocycles. The van der Waals surface area contributed by atoms with Gasteiger partial charge in [0, 0.05) is 12.6 Å². The summed E-state index contributed by atoms with van der Waals surface area (Å²) in [7, 11) is -3.70. The van der Waals surface area contributed by atoms with E-state index < -0.39 is 21.9 Å². The number of rotatable bonds is 4. The molecule has 0 aromatic heterocycles. The Morgan fingerprint density at radius 2 is 2.20 bits per heavy atom. The van der Waals surface area contributed by atoms with Gasteiger partial charge in [0.2, 0.25) is 10.0 Å². The van der Waals surface area contributed by atoms with E-state index in [1.54, 1.807) is 13.8 Å². The fourth-order valence-corrected chi connectivity index (χ4v) is 4.68. The first-order valence-corrected chi connectivity index (χ1v) is 8.22. The molecule has 1 fully saturated rings. The van der Waals surface area contributed by atoms with Crippen molar-refractivity contribution in [1.82, 2.24) is 4.31 Å². The number of nitrogens with zero attached hydrogens (tertiary/aromatic N) is 1. The van der Waals surface area contributed by atoms with Gasteiger partial charge in [-0.15, -0.1) is 0 Å². The Labute approximate surface area is 119 Å². The molecule has 1 aromatic carbocycles. The molecule has 0 saturated carbocycles. The molecule has 1 aliphatic rings. The number of hydrogen-bond donors (Lipinski definition) is 1. The molecule has 1 aromatic rings. The maximum absolute atomic E-state index is 13.3. The number of hydrogen-bond acceptors (Lipinski definition) is 3. The van der Waals surface area contributed by atoms with E-state index in [0.717, 1.165) is 18.9 Å². The summed E-state index contributed by atoms with van der Waals surface area (Å²) in [6.45, 7) is 3.73. The predicted molar refractivity (Wildman–Crippen MR) is 74.3 cm³/mol. The van der Waals surface area contributed by atoms with Crippen molar-refractivity contribution in [2.24, 2.45) is 0 Å². The fourth-order valence-electron chi connectivity index (χ4n) is 2.73. The molecule has 2 rings (SSSR count). The molecule has 2 atom stereocenters. The van der Waals surface area contributed by atoms with Gasteiger partial charge in [-0.05, 0) is 50.8 Å². The van der Waals surface area contributed by atoms with Crippen molar-refractivity contribution in [3.8, 4) is 0 Å². The van der Waals surface area contributed by atoms with Crippen molar-refractivity contribution in [2.75, 3.05) is 6.54 Å². The average molecular weight is 301 g/mol. The van der Waals surface area contributed by atoms with E-state index in [4.69, 9.17) is 0 Å². The Morgan fingerprint density at radius 1 is 1.50 bits per heavy atom. The summed E-state index contributed by atoms with van der Waals surface area (Å²) in [5.41, 5.74) is 0.536. The van der Waals surface area contributed by atoms with Crippen molar-refractivity contribution in [1.29, 1.82) is 0 Å². The first-order chi connectivity index (χ1) is 9.32. The molecule has 0 spiro atoms. The van der Waals surface area contributed by atoms with Gasteiger partial charge in [0.1, 0.15) is 5.82 Å². The molecule has 1 N–H and O–H groups in total. The van der Waals surface area contributed by atoms with Crippen LogP contribution in [0.1, 0.15) is 31.7 Å². The molecule has 1 heterocycles. The number of aliphatic hydroxyl groups excluding tert-OH is 1. The largest absolute Gasteiger partial charge is 0.393 e. The number of sulfonamides is 1. The molecule has 0 radical (unpaired) electrons. The standard InChI is InChI=1S/C14H20FNO3S/c1-10-5-6-12(15)9-14(10)20(18,19)16-7-3-4-13(16)8-11(2)17/h5-6,9,11,13,17H,3-4,7-8H2,1-2H3. The smallest absolute Gasteiger partial charge is 0.243 e. The number of halogens is 1. The van der Waals surface area contributed by atoms with E-state index >= 15 is 0 Å². The SMILES string of the molecule is Cc1ccc(F)cc1S(=O)(=O)N1CCCC1CC(C)O. The van der Waals surface area contributed by atoms with E-state index in [1.807, 2.05) is 0 Å². The Bertz CT molecular complexity index is 586. The van der Waals surface area contributed by atoms with Crippen molar-refractivity contribution in [3.63, 3.8) is 0 Å². The first-order valence-electron chi connectivity index (χ1n) is 6.78. The topological polar surface area (TPSA) is 57.6 Å². The lowest BCUT2D eigenvalue weighted by molar-refractivity contribution is 0.158. The second-order valence-corrected chi connectivity index (χ2v) is 7.27. The van der Waals surface area contributed by atoms with Gasteiger partial charge in [0.15, 0.2) is 0 Å². The van der Waals surface area contributed by atoms with Gasteiger partial charge in [-0.25, -0.2) is 12.8 Å². The van der Waals surface area contributed by atoms with Gasteiger partial charge in [-0.3, -0.25) is 0 Å². The van der Waals surface area contributed by atoms with Crippen LogP contribution < -0.4 is 0 Å². The van der Waals surface area contributed by atoms with Crippen LogP contribution >= 0.6 is 0 Å². The fraction of sp³-hybridized carbons (Fsp3) is 0.571. The minimum atomic E-state index is -3.70. The minimum Gasteiger partial charge on any atom is -0.393 e. The predicted octanol–water partition coefficient (Wildman–Crippen LogP) is 2.06. The molecular formula is C14H20FNO3S. The highest BCUT2D eigenvalue weighted by Gasteiger charge is 2.36. The molecule has 1 saturated heterocycles. The van der Waals surface area contributed by atoms with Gasteiger partial charge in [0.25, 0.3) is 0 Å². The van der Waals surface area contributed by atoms with Gasteiger partial charge in [-0.1, -0.05) is 6.07 Å². The summed E-state index contributed by atoms with van der Waals surface area (Å²) in [4.78, 5) is 0.0231. The molecule has 6 heteroatoms. The second kappa shape index (κ2) is 5.79. The maximum Gasteiger partial charge on any atom is 0.243 e. The highest BCUT2D eigenvalue weighted by Crippen LogP contribution is 2.30. The third-order valence-corrected chi connectivity index (χ3v) is 5.77. The maximum atomic E-state index is 13.3. The molecule has 0 bridgehead atoms. The van der Waals surface area contributed by atoms with Crippen molar-refractivity contribution in [2.45, 2.75) is 50.2 Å². The van der Waals surface area contributed by atoms with Gasteiger partial charge >= 0.3 is 0 Å². The third-order valence-electron chi connectivity index (χ3n) is 3.67. The van der Waals surface area contributed by atoms with Gasteiger partial charge < -0.3 is 5.11 Å². The highest BCUT2D eigenvalue weighted by atomic mass is 32.2. The van der Waals surface area contributed by atoms with Gasteiger partial charge in [0.05, 0.1) is 11.0 Å². The normalized spacial score (nSPS) is 22.1. The highest BCUT2D eigenvalue weighted by molar-refractivity contribution is 7.89. The van der Waals surface area contributed by atoms with Crippen LogP contribution in [0.15, 0.2) is 23.1 Å². The molecule has 2 unspecified atom stereocenters. The quantitative estimate of drug-likeness (QED) is 0.926.